The smallest absolute Gasteiger partial charge is 0.407 e. The van der Waals surface area contributed by atoms with E-state index < -0.39 is 11.6 Å². The van der Waals surface area contributed by atoms with Gasteiger partial charge in [0.2, 0.25) is 0 Å². The van der Waals surface area contributed by atoms with Gasteiger partial charge < -0.3 is 13.6 Å². The van der Waals surface area contributed by atoms with Crippen LogP contribution in [0.1, 0.15) is 11.1 Å². The molecule has 0 amide bonds. The molecule has 0 fully saturated rings. The summed E-state index contributed by atoms with van der Waals surface area (Å²) in [5.74, 6) is 1.55. The summed E-state index contributed by atoms with van der Waals surface area (Å²) < 4.78 is 18.8. The highest BCUT2D eigenvalue weighted by Crippen LogP contribution is 2.54. The minimum Gasteiger partial charge on any atom is -0.407 e. The highest BCUT2D eigenvalue weighted by molar-refractivity contribution is 8.08. The zero-order chi connectivity index (χ0) is 24.0. The van der Waals surface area contributed by atoms with Gasteiger partial charge in [-0.05, 0) is 45.8 Å². The van der Waals surface area contributed by atoms with Gasteiger partial charge in [0, 0.05) is 41.5 Å². The number of benzene rings is 5. The van der Waals surface area contributed by atoms with Crippen LogP contribution >= 0.6 is 6.72 Å². The van der Waals surface area contributed by atoms with Crippen LogP contribution in [0.3, 0.4) is 0 Å². The molecule has 0 aromatic heterocycles. The van der Waals surface area contributed by atoms with Gasteiger partial charge in [-0.1, -0.05) is 60.7 Å². The van der Waals surface area contributed by atoms with Crippen molar-refractivity contribution in [3.05, 3.63) is 118 Å². The molecule has 0 bridgehead atoms. The Kier molecular flexibility index (Phi) is 5.17. The van der Waals surface area contributed by atoms with Crippen molar-refractivity contribution in [1.82, 2.24) is 0 Å². The van der Waals surface area contributed by atoms with Gasteiger partial charge in [0.15, 0.2) is 0 Å². The zero-order valence-corrected chi connectivity index (χ0v) is 20.0. The molecule has 172 valence electrons. The molecule has 0 atom stereocenters. The van der Waals surface area contributed by atoms with Crippen LogP contribution in [-0.4, -0.2) is 4.92 Å². The first-order chi connectivity index (χ1) is 17.0. The highest BCUT2D eigenvalue weighted by Gasteiger charge is 2.32. The molecule has 6 nitrogen and oxygen atoms in total. The lowest BCUT2D eigenvalue weighted by molar-refractivity contribution is -0.384. The second-order valence-corrected chi connectivity index (χ2v) is 11.0. The lowest BCUT2D eigenvalue weighted by Crippen LogP contribution is -2.12. The number of hydrogen-bond donors (Lipinski definition) is 0. The summed E-state index contributed by atoms with van der Waals surface area (Å²) in [5, 5.41) is 15.4. The van der Waals surface area contributed by atoms with E-state index in [4.69, 9.17) is 25.4 Å². The minimum atomic E-state index is -3.40. The van der Waals surface area contributed by atoms with E-state index in [9.17, 15) is 10.1 Å². The Morgan fingerprint density at radius 1 is 0.743 bits per heavy atom. The van der Waals surface area contributed by atoms with E-state index in [0.717, 1.165) is 32.7 Å². The number of nitro benzene ring substituents is 1. The van der Waals surface area contributed by atoms with E-state index in [2.05, 4.69) is 24.3 Å². The van der Waals surface area contributed by atoms with Crippen LogP contribution in [0.4, 0.5) is 5.69 Å². The van der Waals surface area contributed by atoms with Crippen LogP contribution in [0.2, 0.25) is 0 Å². The molecule has 5 aromatic rings. The first-order valence-corrected chi connectivity index (χ1v) is 13.5. The van der Waals surface area contributed by atoms with Crippen molar-refractivity contribution < 1.29 is 18.5 Å². The van der Waals surface area contributed by atoms with Crippen molar-refractivity contribution in [2.45, 2.75) is 6.42 Å². The summed E-state index contributed by atoms with van der Waals surface area (Å²) in [7, 11) is 0. The van der Waals surface area contributed by atoms with Crippen molar-refractivity contribution in [2.75, 3.05) is 0 Å². The summed E-state index contributed by atoms with van der Waals surface area (Å²) in [5.41, 5.74) is 1.97. The molecule has 5 aromatic carbocycles. The number of fused-ring (bicyclic) bond motifs is 6. The monoisotopic (exact) mass is 499 g/mol. The van der Waals surface area contributed by atoms with Crippen LogP contribution in [0.15, 0.2) is 97.1 Å². The Hall–Kier alpha value is -3.93. The number of non-ortho nitro benzene ring substituents is 1. The topological polar surface area (TPSA) is 70.8 Å². The molecule has 0 saturated heterocycles. The quantitative estimate of drug-likeness (QED) is 0.145. The van der Waals surface area contributed by atoms with Gasteiger partial charge in [0.1, 0.15) is 17.2 Å². The van der Waals surface area contributed by atoms with Crippen molar-refractivity contribution in [3.8, 4) is 17.2 Å². The Bertz CT molecular complexity index is 1580. The summed E-state index contributed by atoms with van der Waals surface area (Å²) in [6, 6.07) is 29.8. The average molecular weight is 499 g/mol. The molecule has 1 heterocycles. The maximum atomic E-state index is 11.0. The van der Waals surface area contributed by atoms with Crippen LogP contribution in [-0.2, 0) is 18.2 Å². The Labute approximate surface area is 206 Å². The van der Waals surface area contributed by atoms with Gasteiger partial charge in [-0.3, -0.25) is 10.1 Å². The predicted molar refractivity (Wildman–Crippen MR) is 140 cm³/mol. The van der Waals surface area contributed by atoms with Gasteiger partial charge >= 0.3 is 6.72 Å². The summed E-state index contributed by atoms with van der Waals surface area (Å²) in [4.78, 5) is 10.6. The van der Waals surface area contributed by atoms with Gasteiger partial charge in [-0.2, -0.15) is 0 Å². The second-order valence-electron chi connectivity index (χ2n) is 8.18. The van der Waals surface area contributed by atoms with Crippen molar-refractivity contribution in [3.63, 3.8) is 0 Å². The maximum absolute atomic E-state index is 11.0. The molecular formula is C27H18NO5PS. The molecule has 35 heavy (non-hydrogen) atoms. The van der Waals surface area contributed by atoms with E-state index in [1.165, 1.54) is 24.3 Å². The number of hydrogen-bond acceptors (Lipinski definition) is 6. The molecule has 0 N–H and O–H groups in total. The van der Waals surface area contributed by atoms with E-state index in [1.54, 1.807) is 0 Å². The third kappa shape index (κ3) is 3.99. The molecule has 6 rings (SSSR count). The molecule has 1 aliphatic heterocycles. The third-order valence-corrected chi connectivity index (χ3v) is 7.98. The zero-order valence-electron chi connectivity index (χ0n) is 18.3. The molecule has 0 spiro atoms. The second kappa shape index (κ2) is 8.38. The molecular weight excluding hydrogens is 481 g/mol. The average Bonchev–Trinajstić information content (AvgIpc) is 2.85. The SMILES string of the molecule is O=[N+]([O-])c1ccc(OP2(=S)Oc3ccc4ccccc4c3Cc3c(ccc4ccccc34)O2)cc1. The van der Waals surface area contributed by atoms with E-state index in [0.29, 0.717) is 23.7 Å². The van der Waals surface area contributed by atoms with Crippen LogP contribution in [0.25, 0.3) is 21.5 Å². The van der Waals surface area contributed by atoms with Crippen LogP contribution in [0.5, 0.6) is 17.2 Å². The van der Waals surface area contributed by atoms with Crippen molar-refractivity contribution in [1.29, 1.82) is 0 Å². The van der Waals surface area contributed by atoms with E-state index >= 15 is 0 Å². The predicted octanol–water partition coefficient (Wildman–Crippen LogP) is 7.57. The van der Waals surface area contributed by atoms with Crippen LogP contribution in [0, 0.1) is 10.1 Å². The molecule has 0 aliphatic carbocycles. The fourth-order valence-corrected chi connectivity index (χ4v) is 6.45. The summed E-state index contributed by atoms with van der Waals surface area (Å²) in [6.45, 7) is -3.40. The first-order valence-electron chi connectivity index (χ1n) is 10.9. The molecule has 0 unspecified atom stereocenters. The summed E-state index contributed by atoms with van der Waals surface area (Å²) in [6.07, 6.45) is 0.597. The van der Waals surface area contributed by atoms with Crippen LogP contribution < -0.4 is 13.6 Å². The Morgan fingerprint density at radius 3 is 1.77 bits per heavy atom. The van der Waals surface area contributed by atoms with Gasteiger partial charge in [-0.15, -0.1) is 0 Å². The standard InChI is InChI=1S/C27H18NO5PS/c29-28(30)20-11-13-21(14-12-20)31-34(35)32-26-15-9-18-5-1-3-7-22(18)24(26)17-25-23-8-4-2-6-19(23)10-16-27(25)33-34/h1-16H,17H2. The highest BCUT2D eigenvalue weighted by atomic mass is 32.5. The first kappa shape index (κ1) is 21.6. The minimum absolute atomic E-state index is 0.0396. The Morgan fingerprint density at radius 2 is 1.26 bits per heavy atom. The largest absolute Gasteiger partial charge is 0.490 e. The summed E-state index contributed by atoms with van der Waals surface area (Å²) >= 11 is 5.88. The van der Waals surface area contributed by atoms with E-state index in [-0.39, 0.29) is 5.69 Å². The van der Waals surface area contributed by atoms with Gasteiger partial charge in [0.05, 0.1) is 4.92 Å². The normalized spacial score (nSPS) is 14.1. The van der Waals surface area contributed by atoms with Crippen molar-refractivity contribution in [2.24, 2.45) is 0 Å². The fraction of sp³-hybridized carbons (Fsp3) is 0.0370. The van der Waals surface area contributed by atoms with Gasteiger partial charge in [-0.25, -0.2) is 0 Å². The fourth-order valence-electron chi connectivity index (χ4n) is 4.40. The van der Waals surface area contributed by atoms with Crippen molar-refractivity contribution >= 4 is 45.8 Å². The van der Waals surface area contributed by atoms with E-state index in [1.807, 2.05) is 48.5 Å². The number of nitrogens with zero attached hydrogens (tertiary/aromatic N) is 1. The Balaban J connectivity index is 1.53. The maximum Gasteiger partial charge on any atom is 0.490 e. The molecule has 0 saturated carbocycles. The molecule has 1 aliphatic rings. The third-order valence-electron chi connectivity index (χ3n) is 6.03. The lowest BCUT2D eigenvalue weighted by Gasteiger charge is -2.28. The molecule has 8 heteroatoms. The lowest BCUT2D eigenvalue weighted by atomic mass is 9.93. The van der Waals surface area contributed by atoms with Gasteiger partial charge in [0.25, 0.3) is 5.69 Å². The number of nitro groups is 1. The number of rotatable bonds is 3. The molecule has 0 radical (unpaired) electrons.